The van der Waals surface area contributed by atoms with Crippen LogP contribution in [-0.2, 0) is 52.3 Å². The van der Waals surface area contributed by atoms with E-state index in [0.29, 0.717) is 23.0 Å². The SMILES string of the molecule is O=Cc1cc2c(O)c(c1)Cc1cc(S(=O)(=O)O)cc(c1O)Cc1cc(S(=O)(=O)O)cc(c1O)Cc1cccc(c1O)Cc1cccc(c1O)C2. The van der Waals surface area contributed by atoms with Gasteiger partial charge < -0.3 is 25.5 Å². The van der Waals surface area contributed by atoms with Crippen molar-refractivity contribution < 1.29 is 56.3 Å². The Balaban J connectivity index is 1.65. The molecule has 0 aliphatic heterocycles. The molecule has 0 spiro atoms. The Morgan fingerprint density at radius 2 is 0.660 bits per heavy atom. The molecule has 1 aliphatic rings. The van der Waals surface area contributed by atoms with Gasteiger partial charge in [-0.2, -0.15) is 16.8 Å². The van der Waals surface area contributed by atoms with E-state index < -0.39 is 47.9 Å². The molecule has 6 rings (SSSR count). The molecule has 14 heteroatoms. The van der Waals surface area contributed by atoms with Gasteiger partial charge >= 0.3 is 0 Å². The predicted octanol–water partition coefficient (Wildman–Crippen LogP) is 4.79. The number of phenols is 5. The van der Waals surface area contributed by atoms with Gasteiger partial charge in [0, 0.05) is 59.9 Å². The molecule has 10 bridgehead atoms. The van der Waals surface area contributed by atoms with Gasteiger partial charge in [0.2, 0.25) is 0 Å². The van der Waals surface area contributed by atoms with E-state index in [-0.39, 0.29) is 87.4 Å². The Morgan fingerprint density at radius 1 is 0.420 bits per heavy atom. The third-order valence-corrected chi connectivity index (χ3v) is 10.5. The minimum Gasteiger partial charge on any atom is -0.507 e. The molecular formula is C36H30O12S2. The molecule has 12 nitrogen and oxygen atoms in total. The number of phenolic OH excluding ortho intramolecular Hbond substituents is 5. The van der Waals surface area contributed by atoms with Crippen LogP contribution in [0, 0.1) is 0 Å². The molecule has 0 aromatic heterocycles. The number of hydrogen-bond acceptors (Lipinski definition) is 10. The number of aldehydes is 1. The Labute approximate surface area is 286 Å². The van der Waals surface area contributed by atoms with Gasteiger partial charge in [-0.15, -0.1) is 0 Å². The zero-order valence-corrected chi connectivity index (χ0v) is 27.7. The third-order valence-electron chi connectivity index (χ3n) is 8.82. The van der Waals surface area contributed by atoms with Crippen molar-refractivity contribution in [3.63, 3.8) is 0 Å². The molecule has 0 heterocycles. The predicted molar refractivity (Wildman–Crippen MR) is 180 cm³/mol. The molecule has 5 aromatic carbocycles. The highest BCUT2D eigenvalue weighted by Gasteiger charge is 2.24. The molecule has 258 valence electrons. The average Bonchev–Trinajstić information content (AvgIpc) is 3.04. The van der Waals surface area contributed by atoms with Crippen LogP contribution in [0.3, 0.4) is 0 Å². The summed E-state index contributed by atoms with van der Waals surface area (Å²) >= 11 is 0. The van der Waals surface area contributed by atoms with Crippen LogP contribution < -0.4 is 0 Å². The standard InChI is InChI=1S/C36H30O12S2/c37-18-19-7-24-10-22-5-1-3-20(32(22)38)9-21-4-2-6-23(33(21)39)11-26-14-30(49(43,44)45)16-28(35(26)41)13-29-17-31(50(46,47)48)15-27(36(29)42)12-25(8-19)34(24)40/h1-8,14-18,38-42H,9-13H2,(H,43,44,45)(H,46,47,48). The normalized spacial score (nSPS) is 13.4. The van der Waals surface area contributed by atoms with Gasteiger partial charge in [0.25, 0.3) is 20.2 Å². The second kappa shape index (κ2) is 12.8. The summed E-state index contributed by atoms with van der Waals surface area (Å²) in [7, 11) is -9.77. The van der Waals surface area contributed by atoms with E-state index >= 15 is 0 Å². The number of hydrogen-bond donors (Lipinski definition) is 7. The van der Waals surface area contributed by atoms with Crippen molar-refractivity contribution in [2.45, 2.75) is 41.9 Å². The fourth-order valence-electron chi connectivity index (χ4n) is 6.30. The summed E-state index contributed by atoms with van der Waals surface area (Å²) in [5, 5.41) is 56.8. The summed E-state index contributed by atoms with van der Waals surface area (Å²) < 4.78 is 69.3. The molecule has 1 aliphatic carbocycles. The molecule has 0 fully saturated rings. The number of carbonyl (C=O) groups excluding carboxylic acids is 1. The van der Waals surface area contributed by atoms with E-state index in [1.54, 1.807) is 30.3 Å². The lowest BCUT2D eigenvalue weighted by Crippen LogP contribution is -2.06. The topological polar surface area (TPSA) is 227 Å². The summed E-state index contributed by atoms with van der Waals surface area (Å²) in [5.41, 5.74) is 1.33. The molecule has 0 radical (unpaired) electrons. The number of para-hydroxylation sites is 2. The number of rotatable bonds is 3. The van der Waals surface area contributed by atoms with Gasteiger partial charge in [-0.25, -0.2) is 0 Å². The summed E-state index contributed by atoms with van der Waals surface area (Å²) in [6.45, 7) is 0. The first-order valence-electron chi connectivity index (χ1n) is 15.1. The van der Waals surface area contributed by atoms with Gasteiger partial charge in [0.05, 0.1) is 9.79 Å². The second-order valence-corrected chi connectivity index (χ2v) is 15.0. The van der Waals surface area contributed by atoms with Crippen molar-refractivity contribution in [3.05, 3.63) is 134 Å². The summed E-state index contributed by atoms with van der Waals surface area (Å²) in [5.74, 6) is -1.69. The van der Waals surface area contributed by atoms with Crippen molar-refractivity contribution >= 4 is 26.5 Å². The van der Waals surface area contributed by atoms with Gasteiger partial charge in [-0.05, 0) is 69.8 Å². The molecule has 7 N–H and O–H groups in total. The van der Waals surface area contributed by atoms with Crippen molar-refractivity contribution in [2.75, 3.05) is 0 Å². The lowest BCUT2D eigenvalue weighted by molar-refractivity contribution is 0.112. The van der Waals surface area contributed by atoms with Crippen LogP contribution in [0.2, 0.25) is 0 Å². The van der Waals surface area contributed by atoms with Crippen LogP contribution in [-0.4, -0.2) is 57.8 Å². The van der Waals surface area contributed by atoms with Gasteiger partial charge in [0.1, 0.15) is 35.0 Å². The van der Waals surface area contributed by atoms with Crippen molar-refractivity contribution in [1.29, 1.82) is 0 Å². The highest BCUT2D eigenvalue weighted by molar-refractivity contribution is 7.86. The fraction of sp³-hybridized carbons (Fsp3) is 0.139. The Morgan fingerprint density at radius 3 is 0.940 bits per heavy atom. The van der Waals surface area contributed by atoms with E-state index in [0.717, 1.165) is 24.3 Å². The summed E-state index contributed by atoms with van der Waals surface area (Å²) in [4.78, 5) is 10.7. The quantitative estimate of drug-likeness (QED) is 0.0969. The van der Waals surface area contributed by atoms with Crippen LogP contribution in [0.25, 0.3) is 0 Å². The fourth-order valence-corrected chi connectivity index (χ4v) is 7.47. The molecule has 0 saturated heterocycles. The molecule has 0 unspecified atom stereocenters. The Kier molecular flexibility index (Phi) is 8.82. The minimum atomic E-state index is -4.90. The van der Waals surface area contributed by atoms with Gasteiger partial charge in [-0.1, -0.05) is 36.4 Å². The second-order valence-electron chi connectivity index (χ2n) is 12.2. The summed E-state index contributed by atoms with van der Waals surface area (Å²) in [6, 6.07) is 16.3. The average molecular weight is 719 g/mol. The van der Waals surface area contributed by atoms with Crippen LogP contribution in [0.5, 0.6) is 28.7 Å². The first-order chi connectivity index (χ1) is 23.5. The molecule has 0 saturated carbocycles. The maximum atomic E-state index is 12.4. The van der Waals surface area contributed by atoms with Crippen LogP contribution >= 0.6 is 0 Å². The highest BCUT2D eigenvalue weighted by atomic mass is 32.2. The van der Waals surface area contributed by atoms with E-state index in [9.17, 15) is 56.3 Å². The molecule has 50 heavy (non-hydrogen) atoms. The van der Waals surface area contributed by atoms with Crippen LogP contribution in [0.4, 0.5) is 0 Å². The van der Waals surface area contributed by atoms with Crippen molar-refractivity contribution in [1.82, 2.24) is 0 Å². The van der Waals surface area contributed by atoms with E-state index in [2.05, 4.69) is 0 Å². The van der Waals surface area contributed by atoms with E-state index in [1.807, 2.05) is 0 Å². The summed E-state index contributed by atoms with van der Waals surface area (Å²) in [6.07, 6.45) is -0.556. The number of fused-ring (bicyclic) bond motifs is 10. The molecule has 0 atom stereocenters. The van der Waals surface area contributed by atoms with E-state index in [4.69, 9.17) is 0 Å². The molecule has 0 amide bonds. The highest BCUT2D eigenvalue weighted by Crippen LogP contribution is 2.39. The number of carbonyl (C=O) groups is 1. The van der Waals surface area contributed by atoms with Crippen molar-refractivity contribution in [3.8, 4) is 28.7 Å². The first kappa shape index (κ1) is 34.5. The number of benzene rings is 5. The van der Waals surface area contributed by atoms with Gasteiger partial charge in [0.15, 0.2) is 0 Å². The number of aromatic hydroxyl groups is 5. The first-order valence-corrected chi connectivity index (χ1v) is 18.0. The van der Waals surface area contributed by atoms with Crippen molar-refractivity contribution in [2.24, 2.45) is 0 Å². The molecular weight excluding hydrogens is 689 g/mol. The van der Waals surface area contributed by atoms with Crippen LogP contribution in [0.15, 0.2) is 82.6 Å². The monoisotopic (exact) mass is 718 g/mol. The third kappa shape index (κ3) is 6.73. The molecule has 5 aromatic rings. The maximum absolute atomic E-state index is 12.4. The lowest BCUT2D eigenvalue weighted by Gasteiger charge is -2.18. The largest absolute Gasteiger partial charge is 0.507 e. The van der Waals surface area contributed by atoms with Gasteiger partial charge in [-0.3, -0.25) is 13.9 Å². The maximum Gasteiger partial charge on any atom is 0.294 e. The Hall–Kier alpha value is -5.41. The van der Waals surface area contributed by atoms with Crippen LogP contribution in [0.1, 0.15) is 66.0 Å². The Bertz CT molecular complexity index is 2430. The van der Waals surface area contributed by atoms with E-state index in [1.165, 1.54) is 18.2 Å². The zero-order chi connectivity index (χ0) is 36.1. The smallest absolute Gasteiger partial charge is 0.294 e. The zero-order valence-electron chi connectivity index (χ0n) is 26.0. The minimum absolute atomic E-state index is 0.0431. The lowest BCUT2D eigenvalue weighted by atomic mass is 9.91.